The largest absolute Gasteiger partial charge is 0.573 e. The van der Waals surface area contributed by atoms with Crippen LogP contribution in [0.25, 0.3) is 17.1 Å². The molecule has 4 aromatic rings. The van der Waals surface area contributed by atoms with Gasteiger partial charge in [-0.25, -0.2) is 14.1 Å². The second-order valence-corrected chi connectivity index (χ2v) is 11.9. The molecule has 1 fully saturated rings. The SMILES string of the molecule is CC(C)c1cc(F)ccc1N1C(=O)CSC1=NC(=S)NCC(C)c1ccc(-c2ncn(-c3ccc(OC(F)(F)F)cc3)n2)cc1. The number of benzene rings is 3. The summed E-state index contributed by atoms with van der Waals surface area (Å²) in [5, 5.41) is 8.28. The van der Waals surface area contributed by atoms with Gasteiger partial charge in [-0.15, -0.1) is 18.3 Å². The number of amidine groups is 1. The van der Waals surface area contributed by atoms with Crippen molar-refractivity contribution in [1.82, 2.24) is 20.1 Å². The van der Waals surface area contributed by atoms with Gasteiger partial charge in [0.05, 0.1) is 17.1 Å². The van der Waals surface area contributed by atoms with Crippen LogP contribution in [-0.4, -0.2) is 49.6 Å². The molecule has 0 saturated carbocycles. The highest BCUT2D eigenvalue weighted by Crippen LogP contribution is 2.34. The first-order valence-corrected chi connectivity index (χ1v) is 15.3. The van der Waals surface area contributed by atoms with Crippen LogP contribution in [0.5, 0.6) is 5.75 Å². The molecule has 45 heavy (non-hydrogen) atoms. The van der Waals surface area contributed by atoms with Crippen molar-refractivity contribution in [2.45, 2.75) is 39.0 Å². The van der Waals surface area contributed by atoms with E-state index >= 15 is 0 Å². The molecule has 1 amide bonds. The van der Waals surface area contributed by atoms with Crippen molar-refractivity contribution < 1.29 is 27.1 Å². The van der Waals surface area contributed by atoms with Crippen LogP contribution in [-0.2, 0) is 4.79 Å². The zero-order chi connectivity index (χ0) is 32.3. The van der Waals surface area contributed by atoms with E-state index < -0.39 is 6.36 Å². The van der Waals surface area contributed by atoms with Crippen LogP contribution >= 0.6 is 24.0 Å². The molecule has 3 aromatic carbocycles. The summed E-state index contributed by atoms with van der Waals surface area (Å²) < 4.78 is 56.6. The fraction of sp³-hybridized carbons (Fsp3) is 0.258. The predicted molar refractivity (Wildman–Crippen MR) is 170 cm³/mol. The van der Waals surface area contributed by atoms with E-state index in [-0.39, 0.29) is 40.2 Å². The summed E-state index contributed by atoms with van der Waals surface area (Å²) in [6.45, 7) is 6.40. The average Bonchev–Trinajstić information content (AvgIpc) is 3.63. The molecule has 0 radical (unpaired) electrons. The van der Waals surface area contributed by atoms with Crippen molar-refractivity contribution in [3.8, 4) is 22.8 Å². The number of rotatable bonds is 8. The van der Waals surface area contributed by atoms with Crippen molar-refractivity contribution >= 4 is 45.9 Å². The number of hydrogen-bond donors (Lipinski definition) is 1. The molecule has 8 nitrogen and oxygen atoms in total. The van der Waals surface area contributed by atoms with E-state index in [1.165, 1.54) is 64.1 Å². The van der Waals surface area contributed by atoms with Gasteiger partial charge in [-0.05, 0) is 77.6 Å². The first kappa shape index (κ1) is 32.1. The van der Waals surface area contributed by atoms with Gasteiger partial charge >= 0.3 is 6.36 Å². The number of amides is 1. The molecule has 0 bridgehead atoms. The lowest BCUT2D eigenvalue weighted by molar-refractivity contribution is -0.274. The Morgan fingerprint density at radius 2 is 1.80 bits per heavy atom. The van der Waals surface area contributed by atoms with Crippen LogP contribution in [0, 0.1) is 5.82 Å². The highest BCUT2D eigenvalue weighted by atomic mass is 32.2. The van der Waals surface area contributed by atoms with Crippen LogP contribution < -0.4 is 15.0 Å². The first-order chi connectivity index (χ1) is 21.4. The van der Waals surface area contributed by atoms with Gasteiger partial charge in [-0.1, -0.05) is 56.8 Å². The second-order valence-electron chi connectivity index (χ2n) is 10.5. The average molecular weight is 657 g/mol. The highest BCUT2D eigenvalue weighted by molar-refractivity contribution is 8.15. The number of aliphatic imine (C=N–C) groups is 1. The number of nitrogens with zero attached hydrogens (tertiary/aromatic N) is 5. The Kier molecular flexibility index (Phi) is 9.53. The van der Waals surface area contributed by atoms with E-state index in [2.05, 4.69) is 25.1 Å². The maximum atomic E-state index is 13.9. The van der Waals surface area contributed by atoms with Crippen LogP contribution in [0.3, 0.4) is 0 Å². The van der Waals surface area contributed by atoms with Gasteiger partial charge in [-0.2, -0.15) is 4.99 Å². The number of ether oxygens (including phenoxy) is 1. The highest BCUT2D eigenvalue weighted by Gasteiger charge is 2.32. The Balaban J connectivity index is 1.20. The first-order valence-electron chi connectivity index (χ1n) is 13.9. The molecule has 1 N–H and O–H groups in total. The summed E-state index contributed by atoms with van der Waals surface area (Å²) in [6, 6.07) is 17.4. The molecule has 1 atom stereocenters. The van der Waals surface area contributed by atoms with Crippen molar-refractivity contribution in [3.63, 3.8) is 0 Å². The van der Waals surface area contributed by atoms with Gasteiger partial charge in [0.25, 0.3) is 0 Å². The number of anilines is 1. The normalized spacial score (nSPS) is 15.2. The van der Waals surface area contributed by atoms with E-state index in [0.717, 1.165) is 11.1 Å². The predicted octanol–water partition coefficient (Wildman–Crippen LogP) is 7.21. The van der Waals surface area contributed by atoms with Gasteiger partial charge < -0.3 is 10.1 Å². The smallest absolute Gasteiger partial charge is 0.406 e. The number of halogens is 4. The van der Waals surface area contributed by atoms with Crippen molar-refractivity contribution in [2.75, 3.05) is 17.2 Å². The van der Waals surface area contributed by atoms with E-state index in [1.54, 1.807) is 6.07 Å². The number of hydrogen-bond acceptors (Lipinski definition) is 6. The number of thiocarbonyl (C=S) groups is 1. The summed E-state index contributed by atoms with van der Waals surface area (Å²) in [4.78, 5) is 23.1. The van der Waals surface area contributed by atoms with Gasteiger partial charge in [-0.3, -0.25) is 9.69 Å². The van der Waals surface area contributed by atoms with Crippen LogP contribution in [0.15, 0.2) is 78.0 Å². The molecule has 2 heterocycles. The maximum Gasteiger partial charge on any atom is 0.573 e. The number of aromatic nitrogens is 3. The van der Waals surface area contributed by atoms with Crippen molar-refractivity contribution in [2.24, 2.45) is 4.99 Å². The lowest BCUT2D eigenvalue weighted by Crippen LogP contribution is -2.32. The van der Waals surface area contributed by atoms with Gasteiger partial charge in [0, 0.05) is 12.1 Å². The Morgan fingerprint density at radius 3 is 2.47 bits per heavy atom. The molecule has 1 aliphatic rings. The van der Waals surface area contributed by atoms with Crippen LogP contribution in [0.1, 0.15) is 43.7 Å². The Hall–Kier alpha value is -4.30. The molecular weight excluding hydrogens is 629 g/mol. The molecular formula is C31H28F4N6O2S2. The third kappa shape index (κ3) is 7.87. The molecule has 1 saturated heterocycles. The minimum absolute atomic E-state index is 0.00154. The Bertz CT molecular complexity index is 1720. The zero-order valence-corrected chi connectivity index (χ0v) is 26.0. The summed E-state index contributed by atoms with van der Waals surface area (Å²) in [6.07, 6.45) is -3.28. The summed E-state index contributed by atoms with van der Waals surface area (Å²) in [5.41, 5.74) is 3.64. The summed E-state index contributed by atoms with van der Waals surface area (Å²) in [7, 11) is 0. The van der Waals surface area contributed by atoms with Gasteiger partial charge in [0.1, 0.15) is 17.9 Å². The topological polar surface area (TPSA) is 84.6 Å². The number of nitrogens with one attached hydrogen (secondary N) is 1. The van der Waals surface area contributed by atoms with E-state index in [9.17, 15) is 22.4 Å². The Morgan fingerprint density at radius 1 is 1.09 bits per heavy atom. The molecule has 0 spiro atoms. The lowest BCUT2D eigenvalue weighted by atomic mass is 10.00. The lowest BCUT2D eigenvalue weighted by Gasteiger charge is -2.22. The van der Waals surface area contributed by atoms with Crippen molar-refractivity contribution in [3.05, 3.63) is 90.0 Å². The third-order valence-electron chi connectivity index (χ3n) is 6.94. The fourth-order valence-corrected chi connectivity index (χ4v) is 5.73. The number of alkyl halides is 3. The van der Waals surface area contributed by atoms with E-state index in [4.69, 9.17) is 12.2 Å². The quantitative estimate of drug-likeness (QED) is 0.159. The molecule has 14 heteroatoms. The monoisotopic (exact) mass is 656 g/mol. The van der Waals surface area contributed by atoms with Crippen molar-refractivity contribution in [1.29, 1.82) is 0 Å². The zero-order valence-electron chi connectivity index (χ0n) is 24.4. The summed E-state index contributed by atoms with van der Waals surface area (Å²) >= 11 is 6.76. The molecule has 1 aliphatic heterocycles. The number of carbonyl (C=O) groups is 1. The van der Waals surface area contributed by atoms with E-state index in [0.29, 0.717) is 34.5 Å². The second kappa shape index (κ2) is 13.4. The maximum absolute atomic E-state index is 13.9. The van der Waals surface area contributed by atoms with Gasteiger partial charge in [0.2, 0.25) is 5.91 Å². The number of carbonyl (C=O) groups excluding carboxylic acids is 1. The van der Waals surface area contributed by atoms with E-state index in [1.807, 2.05) is 45.0 Å². The molecule has 0 aliphatic carbocycles. The Labute approximate surface area is 266 Å². The third-order valence-corrected chi connectivity index (χ3v) is 8.10. The van der Waals surface area contributed by atoms with Crippen LogP contribution in [0.4, 0.5) is 23.2 Å². The molecule has 1 unspecified atom stereocenters. The fourth-order valence-electron chi connectivity index (χ4n) is 4.64. The van der Waals surface area contributed by atoms with Gasteiger partial charge in [0.15, 0.2) is 16.1 Å². The summed E-state index contributed by atoms with van der Waals surface area (Å²) in [5.74, 6) is -0.0992. The molecule has 5 rings (SSSR count). The van der Waals surface area contributed by atoms with Crippen LogP contribution in [0.2, 0.25) is 0 Å². The minimum atomic E-state index is -4.76. The standard InChI is InChI=1S/C31H28F4N6O2S2/c1-18(2)25-14-22(32)8-13-26(25)41-27(42)16-45-30(41)38-29(44)36-15-19(3)20-4-6-21(7-5-20)28-37-17-40(39-28)23-9-11-24(12-10-23)43-31(33,34)35/h4-14,17-19H,15-16H2,1-3H3,(H,36,44). The molecule has 234 valence electrons. The molecule has 1 aromatic heterocycles. The number of thioether (sulfide) groups is 1. The minimum Gasteiger partial charge on any atom is -0.406 e.